The summed E-state index contributed by atoms with van der Waals surface area (Å²) in [5.41, 5.74) is 1.34. The minimum absolute atomic E-state index is 0.212. The second-order valence-corrected chi connectivity index (χ2v) is 5.53. The molecule has 134 valence electrons. The fraction of sp³-hybridized carbons (Fsp3) is 0.222. The highest BCUT2D eigenvalue weighted by Gasteiger charge is 2.08. The van der Waals surface area contributed by atoms with Crippen LogP contribution in [0.25, 0.3) is 0 Å². The highest BCUT2D eigenvalue weighted by Crippen LogP contribution is 2.14. The Labute approximate surface area is 149 Å². The van der Waals surface area contributed by atoms with Crippen LogP contribution in [0.15, 0.2) is 48.5 Å². The van der Waals surface area contributed by atoms with Gasteiger partial charge < -0.3 is 10.1 Å². The first kappa shape index (κ1) is 17.5. The molecule has 7 nitrogen and oxygen atoms in total. The predicted octanol–water partition coefficient (Wildman–Crippen LogP) is 2.34. The molecule has 0 unspecified atom stereocenters. The van der Waals surface area contributed by atoms with Crippen molar-refractivity contribution in [3.05, 3.63) is 71.3 Å². The number of halogens is 1. The van der Waals surface area contributed by atoms with Gasteiger partial charge in [0.25, 0.3) is 5.91 Å². The molecule has 0 aliphatic heterocycles. The molecule has 1 N–H and O–H groups in total. The molecular weight excluding hydrogens is 337 g/mol. The Kier molecular flexibility index (Phi) is 5.52. The van der Waals surface area contributed by atoms with Crippen molar-refractivity contribution in [2.24, 2.45) is 0 Å². The molecule has 3 aromatic rings. The van der Waals surface area contributed by atoms with Crippen LogP contribution in [-0.2, 0) is 19.7 Å². The van der Waals surface area contributed by atoms with Crippen LogP contribution in [-0.4, -0.2) is 26.1 Å². The monoisotopic (exact) mass is 355 g/mol. The SMILES string of the molecule is CCn1nnnc1COc1ccc(C(=O)NCc2ccc(F)cc2)cc1. The van der Waals surface area contributed by atoms with Crippen molar-refractivity contribution in [1.82, 2.24) is 25.5 Å². The summed E-state index contributed by atoms with van der Waals surface area (Å²) in [7, 11) is 0. The van der Waals surface area contributed by atoms with Crippen LogP contribution in [0, 0.1) is 5.82 Å². The fourth-order valence-corrected chi connectivity index (χ4v) is 2.31. The summed E-state index contributed by atoms with van der Waals surface area (Å²) in [5.74, 6) is 0.735. The third-order valence-electron chi connectivity index (χ3n) is 3.76. The van der Waals surface area contributed by atoms with E-state index in [1.165, 1.54) is 12.1 Å². The molecule has 0 saturated carbocycles. The number of aryl methyl sites for hydroxylation is 1. The van der Waals surface area contributed by atoms with Gasteiger partial charge in [-0.1, -0.05) is 12.1 Å². The summed E-state index contributed by atoms with van der Waals surface area (Å²) in [6.07, 6.45) is 0. The Morgan fingerprint density at radius 3 is 2.58 bits per heavy atom. The Balaban J connectivity index is 1.53. The smallest absolute Gasteiger partial charge is 0.251 e. The number of hydrogen-bond acceptors (Lipinski definition) is 5. The third kappa shape index (κ3) is 4.41. The standard InChI is InChI=1S/C18H18FN5O2/c1-2-24-17(21-22-23-24)12-26-16-9-5-14(6-10-16)18(25)20-11-13-3-7-15(19)8-4-13/h3-10H,2,11-12H2,1H3,(H,20,25). The van der Waals surface area contributed by atoms with Crippen molar-refractivity contribution >= 4 is 5.91 Å². The predicted molar refractivity (Wildman–Crippen MR) is 91.8 cm³/mol. The number of amides is 1. The molecule has 0 atom stereocenters. The molecule has 1 aromatic heterocycles. The molecule has 0 fully saturated rings. The van der Waals surface area contributed by atoms with Gasteiger partial charge in [0.15, 0.2) is 5.82 Å². The molecule has 2 aromatic carbocycles. The van der Waals surface area contributed by atoms with Gasteiger partial charge >= 0.3 is 0 Å². The lowest BCUT2D eigenvalue weighted by molar-refractivity contribution is 0.0951. The number of aromatic nitrogens is 4. The van der Waals surface area contributed by atoms with Crippen LogP contribution in [0.3, 0.4) is 0 Å². The van der Waals surface area contributed by atoms with Crippen LogP contribution in [0.1, 0.15) is 28.7 Å². The number of hydrogen-bond donors (Lipinski definition) is 1. The van der Waals surface area contributed by atoms with Crippen molar-refractivity contribution in [1.29, 1.82) is 0 Å². The molecule has 1 heterocycles. The summed E-state index contributed by atoms with van der Waals surface area (Å²) in [5, 5.41) is 14.1. The number of benzene rings is 2. The van der Waals surface area contributed by atoms with E-state index in [2.05, 4.69) is 20.8 Å². The third-order valence-corrected chi connectivity index (χ3v) is 3.76. The van der Waals surface area contributed by atoms with Gasteiger partial charge in [0.2, 0.25) is 0 Å². The molecule has 0 aliphatic carbocycles. The van der Waals surface area contributed by atoms with E-state index in [1.54, 1.807) is 41.1 Å². The van der Waals surface area contributed by atoms with E-state index in [9.17, 15) is 9.18 Å². The number of carbonyl (C=O) groups excluding carboxylic acids is 1. The van der Waals surface area contributed by atoms with E-state index < -0.39 is 0 Å². The first-order valence-electron chi connectivity index (χ1n) is 8.16. The highest BCUT2D eigenvalue weighted by molar-refractivity contribution is 5.94. The van der Waals surface area contributed by atoms with Crippen molar-refractivity contribution in [3.8, 4) is 5.75 Å². The van der Waals surface area contributed by atoms with E-state index in [1.807, 2.05) is 6.92 Å². The highest BCUT2D eigenvalue weighted by atomic mass is 19.1. The van der Waals surface area contributed by atoms with Crippen molar-refractivity contribution < 1.29 is 13.9 Å². The number of rotatable bonds is 7. The molecule has 26 heavy (non-hydrogen) atoms. The zero-order valence-electron chi connectivity index (χ0n) is 14.2. The molecule has 3 rings (SSSR count). The molecule has 0 saturated heterocycles. The van der Waals surface area contributed by atoms with E-state index in [0.29, 0.717) is 30.2 Å². The zero-order chi connectivity index (χ0) is 18.4. The molecular formula is C18H18FN5O2. The van der Waals surface area contributed by atoms with E-state index in [4.69, 9.17) is 4.74 Å². The van der Waals surface area contributed by atoms with E-state index in [-0.39, 0.29) is 18.3 Å². The average molecular weight is 355 g/mol. The molecule has 0 spiro atoms. The van der Waals surface area contributed by atoms with E-state index in [0.717, 1.165) is 5.56 Å². The number of carbonyl (C=O) groups is 1. The first-order chi connectivity index (χ1) is 12.7. The summed E-state index contributed by atoms with van der Waals surface area (Å²) in [4.78, 5) is 12.2. The van der Waals surface area contributed by atoms with Crippen molar-refractivity contribution in [2.45, 2.75) is 26.6 Å². The number of nitrogens with zero attached hydrogens (tertiary/aromatic N) is 4. The van der Waals surface area contributed by atoms with Crippen molar-refractivity contribution in [2.75, 3.05) is 0 Å². The maximum atomic E-state index is 12.9. The van der Waals surface area contributed by atoms with Crippen molar-refractivity contribution in [3.63, 3.8) is 0 Å². The minimum Gasteiger partial charge on any atom is -0.486 e. The molecule has 1 amide bonds. The lowest BCUT2D eigenvalue weighted by Crippen LogP contribution is -2.22. The van der Waals surface area contributed by atoms with Gasteiger partial charge in [0.05, 0.1) is 0 Å². The van der Waals surface area contributed by atoms with Gasteiger partial charge in [-0.15, -0.1) is 5.10 Å². The molecule has 8 heteroatoms. The Hall–Kier alpha value is -3.29. The lowest BCUT2D eigenvalue weighted by atomic mass is 10.2. The minimum atomic E-state index is -0.302. The Morgan fingerprint density at radius 1 is 1.15 bits per heavy atom. The summed E-state index contributed by atoms with van der Waals surface area (Å²) in [6.45, 7) is 3.19. The van der Waals surface area contributed by atoms with Gasteiger partial charge in [0, 0.05) is 18.7 Å². The molecule has 0 aliphatic rings. The van der Waals surface area contributed by atoms with E-state index >= 15 is 0 Å². The summed E-state index contributed by atoms with van der Waals surface area (Å²) >= 11 is 0. The Morgan fingerprint density at radius 2 is 1.88 bits per heavy atom. The van der Waals surface area contributed by atoms with Gasteiger partial charge in [-0.3, -0.25) is 4.79 Å². The van der Waals surface area contributed by atoms with Crippen LogP contribution < -0.4 is 10.1 Å². The molecule has 0 bridgehead atoms. The maximum Gasteiger partial charge on any atom is 0.251 e. The first-order valence-corrected chi connectivity index (χ1v) is 8.16. The molecule has 0 radical (unpaired) electrons. The topological polar surface area (TPSA) is 81.9 Å². The summed E-state index contributed by atoms with van der Waals surface area (Å²) < 4.78 is 20.2. The van der Waals surface area contributed by atoms with Gasteiger partial charge in [0.1, 0.15) is 18.2 Å². The number of tetrazole rings is 1. The lowest BCUT2D eigenvalue weighted by Gasteiger charge is -2.08. The van der Waals surface area contributed by atoms with Crippen LogP contribution in [0.2, 0.25) is 0 Å². The maximum absolute atomic E-state index is 12.9. The van der Waals surface area contributed by atoms with Gasteiger partial charge in [-0.2, -0.15) is 0 Å². The normalized spacial score (nSPS) is 10.5. The largest absolute Gasteiger partial charge is 0.486 e. The average Bonchev–Trinajstić information content (AvgIpc) is 3.13. The Bertz CT molecular complexity index is 862. The second-order valence-electron chi connectivity index (χ2n) is 5.53. The quantitative estimate of drug-likeness (QED) is 0.703. The van der Waals surface area contributed by atoms with Gasteiger partial charge in [-0.25, -0.2) is 9.07 Å². The van der Waals surface area contributed by atoms with Crippen LogP contribution in [0.4, 0.5) is 4.39 Å². The van der Waals surface area contributed by atoms with Crippen LogP contribution >= 0.6 is 0 Å². The zero-order valence-corrected chi connectivity index (χ0v) is 14.2. The summed E-state index contributed by atoms with van der Waals surface area (Å²) in [6, 6.07) is 12.8. The fourth-order valence-electron chi connectivity index (χ4n) is 2.31. The number of ether oxygens (including phenoxy) is 1. The second kappa shape index (κ2) is 8.19. The number of nitrogens with one attached hydrogen (secondary N) is 1. The van der Waals surface area contributed by atoms with Gasteiger partial charge in [-0.05, 0) is 59.3 Å². The van der Waals surface area contributed by atoms with Crippen LogP contribution in [0.5, 0.6) is 5.75 Å².